The molecule has 0 saturated heterocycles. The highest BCUT2D eigenvalue weighted by Crippen LogP contribution is 2.22. The maximum Gasteiger partial charge on any atom is 0.311 e. The van der Waals surface area contributed by atoms with Gasteiger partial charge in [0.2, 0.25) is 0 Å². The van der Waals surface area contributed by atoms with Crippen molar-refractivity contribution < 1.29 is 9.53 Å². The lowest BCUT2D eigenvalue weighted by atomic mass is 10.1. The van der Waals surface area contributed by atoms with Crippen molar-refractivity contribution in [2.45, 2.75) is 20.3 Å². The zero-order valence-corrected chi connectivity index (χ0v) is 13.4. The Morgan fingerprint density at radius 1 is 1.09 bits per heavy atom. The summed E-state index contributed by atoms with van der Waals surface area (Å²) in [6.07, 6.45) is 0.210. The van der Waals surface area contributed by atoms with Crippen LogP contribution in [0.2, 0.25) is 0 Å². The van der Waals surface area contributed by atoms with E-state index >= 15 is 0 Å². The van der Waals surface area contributed by atoms with E-state index in [1.165, 1.54) is 0 Å². The maximum atomic E-state index is 12.2. The SMILES string of the molecule is CC(C)COC(=O)Cc1c2ccccc2nn1-c1ccccc1. The number of hydrogen-bond acceptors (Lipinski definition) is 3. The minimum atomic E-state index is -0.221. The predicted molar refractivity (Wildman–Crippen MR) is 90.6 cm³/mol. The van der Waals surface area contributed by atoms with E-state index in [0.29, 0.717) is 12.5 Å². The van der Waals surface area contributed by atoms with Crippen molar-refractivity contribution in [2.75, 3.05) is 6.61 Å². The van der Waals surface area contributed by atoms with Gasteiger partial charge in [-0.3, -0.25) is 4.79 Å². The zero-order chi connectivity index (χ0) is 16.2. The lowest BCUT2D eigenvalue weighted by molar-refractivity contribution is -0.143. The summed E-state index contributed by atoms with van der Waals surface area (Å²) in [5.41, 5.74) is 2.68. The molecule has 0 aliphatic carbocycles. The third kappa shape index (κ3) is 3.42. The van der Waals surface area contributed by atoms with Gasteiger partial charge in [0.15, 0.2) is 0 Å². The van der Waals surface area contributed by atoms with E-state index in [9.17, 15) is 4.79 Å². The first kappa shape index (κ1) is 15.3. The first-order chi connectivity index (χ1) is 11.1. The second-order valence-electron chi connectivity index (χ2n) is 5.96. The van der Waals surface area contributed by atoms with Crippen LogP contribution in [0, 0.1) is 5.92 Å². The van der Waals surface area contributed by atoms with Gasteiger partial charge in [-0.2, -0.15) is 5.10 Å². The molecule has 0 atom stereocenters. The van der Waals surface area contributed by atoms with E-state index in [0.717, 1.165) is 22.3 Å². The molecule has 118 valence electrons. The van der Waals surface area contributed by atoms with Gasteiger partial charge >= 0.3 is 5.97 Å². The minimum Gasteiger partial charge on any atom is -0.465 e. The van der Waals surface area contributed by atoms with Crippen LogP contribution in [-0.4, -0.2) is 22.4 Å². The van der Waals surface area contributed by atoms with E-state index in [2.05, 4.69) is 5.10 Å². The monoisotopic (exact) mass is 308 g/mol. The van der Waals surface area contributed by atoms with Crippen molar-refractivity contribution in [2.24, 2.45) is 5.92 Å². The molecule has 3 rings (SSSR count). The molecule has 0 fully saturated rings. The van der Waals surface area contributed by atoms with E-state index in [1.807, 2.05) is 73.1 Å². The molecule has 3 aromatic rings. The van der Waals surface area contributed by atoms with Crippen molar-refractivity contribution in [3.8, 4) is 5.69 Å². The standard InChI is InChI=1S/C19H20N2O2/c1-14(2)13-23-19(22)12-18-16-10-6-7-11-17(16)20-21(18)15-8-4-3-5-9-15/h3-11,14H,12-13H2,1-2H3. The number of nitrogens with zero attached hydrogens (tertiary/aromatic N) is 2. The Bertz CT molecular complexity index is 807. The van der Waals surface area contributed by atoms with Gasteiger partial charge in [-0.05, 0) is 24.1 Å². The number of carbonyl (C=O) groups is 1. The third-order valence-corrected chi connectivity index (χ3v) is 3.57. The molecular formula is C19H20N2O2. The van der Waals surface area contributed by atoms with Crippen LogP contribution in [0.25, 0.3) is 16.6 Å². The third-order valence-electron chi connectivity index (χ3n) is 3.57. The van der Waals surface area contributed by atoms with Crippen LogP contribution >= 0.6 is 0 Å². The second-order valence-corrected chi connectivity index (χ2v) is 5.96. The Balaban J connectivity index is 1.98. The summed E-state index contributed by atoms with van der Waals surface area (Å²) in [6.45, 7) is 4.49. The van der Waals surface area contributed by atoms with Gasteiger partial charge in [-0.1, -0.05) is 50.2 Å². The summed E-state index contributed by atoms with van der Waals surface area (Å²) in [6, 6.07) is 17.7. The van der Waals surface area contributed by atoms with Crippen molar-refractivity contribution in [1.29, 1.82) is 0 Å². The van der Waals surface area contributed by atoms with Crippen LogP contribution in [0.1, 0.15) is 19.5 Å². The lowest BCUT2D eigenvalue weighted by Crippen LogP contribution is -2.14. The fraction of sp³-hybridized carbons (Fsp3) is 0.263. The smallest absolute Gasteiger partial charge is 0.311 e. The normalized spacial score (nSPS) is 11.1. The number of aromatic nitrogens is 2. The first-order valence-electron chi connectivity index (χ1n) is 7.83. The summed E-state index contributed by atoms with van der Waals surface area (Å²) in [4.78, 5) is 12.2. The second kappa shape index (κ2) is 6.65. The van der Waals surface area contributed by atoms with E-state index in [-0.39, 0.29) is 12.4 Å². The number of carbonyl (C=O) groups excluding carboxylic acids is 1. The Morgan fingerprint density at radius 2 is 1.78 bits per heavy atom. The van der Waals surface area contributed by atoms with Crippen LogP contribution < -0.4 is 0 Å². The van der Waals surface area contributed by atoms with Crippen LogP contribution in [0.4, 0.5) is 0 Å². The summed E-state index contributed by atoms with van der Waals surface area (Å²) in [5, 5.41) is 5.62. The molecule has 0 N–H and O–H groups in total. The molecule has 0 aliphatic rings. The molecule has 0 unspecified atom stereocenters. The molecule has 0 bridgehead atoms. The molecule has 0 spiro atoms. The topological polar surface area (TPSA) is 44.1 Å². The highest BCUT2D eigenvalue weighted by Gasteiger charge is 2.16. The first-order valence-corrected chi connectivity index (χ1v) is 7.83. The fourth-order valence-electron chi connectivity index (χ4n) is 2.49. The molecule has 23 heavy (non-hydrogen) atoms. The van der Waals surface area contributed by atoms with Gasteiger partial charge in [-0.15, -0.1) is 0 Å². The van der Waals surface area contributed by atoms with E-state index in [1.54, 1.807) is 0 Å². The average molecular weight is 308 g/mol. The number of fused-ring (bicyclic) bond motifs is 1. The molecular weight excluding hydrogens is 288 g/mol. The Kier molecular flexibility index (Phi) is 4.42. The number of esters is 1. The zero-order valence-electron chi connectivity index (χ0n) is 13.4. The molecule has 1 heterocycles. The Morgan fingerprint density at radius 3 is 2.52 bits per heavy atom. The molecule has 4 nitrogen and oxygen atoms in total. The molecule has 4 heteroatoms. The largest absolute Gasteiger partial charge is 0.465 e. The van der Waals surface area contributed by atoms with Gasteiger partial charge < -0.3 is 4.74 Å². The van der Waals surface area contributed by atoms with Gasteiger partial charge in [-0.25, -0.2) is 4.68 Å². The fourth-order valence-corrected chi connectivity index (χ4v) is 2.49. The average Bonchev–Trinajstić information content (AvgIpc) is 2.92. The van der Waals surface area contributed by atoms with Gasteiger partial charge in [0, 0.05) is 5.39 Å². The van der Waals surface area contributed by atoms with E-state index in [4.69, 9.17) is 4.74 Å². The number of para-hydroxylation sites is 1. The number of benzene rings is 2. The van der Waals surface area contributed by atoms with Gasteiger partial charge in [0.25, 0.3) is 0 Å². The van der Waals surface area contributed by atoms with E-state index < -0.39 is 0 Å². The van der Waals surface area contributed by atoms with Crippen LogP contribution in [0.5, 0.6) is 0 Å². The van der Waals surface area contributed by atoms with Crippen LogP contribution in [0.15, 0.2) is 54.6 Å². The summed E-state index contributed by atoms with van der Waals surface area (Å²) >= 11 is 0. The minimum absolute atomic E-state index is 0.210. The molecule has 0 saturated carbocycles. The molecule has 2 aromatic carbocycles. The molecule has 0 aliphatic heterocycles. The Hall–Kier alpha value is -2.62. The van der Waals surface area contributed by atoms with Crippen molar-refractivity contribution in [3.63, 3.8) is 0 Å². The summed E-state index contributed by atoms with van der Waals surface area (Å²) in [5.74, 6) is 0.108. The summed E-state index contributed by atoms with van der Waals surface area (Å²) in [7, 11) is 0. The van der Waals surface area contributed by atoms with Gasteiger partial charge in [0.1, 0.15) is 0 Å². The number of hydrogen-bond donors (Lipinski definition) is 0. The highest BCUT2D eigenvalue weighted by atomic mass is 16.5. The molecule has 0 radical (unpaired) electrons. The number of ether oxygens (including phenoxy) is 1. The van der Waals surface area contributed by atoms with Gasteiger partial charge in [0.05, 0.1) is 29.9 Å². The van der Waals surface area contributed by atoms with Crippen LogP contribution in [-0.2, 0) is 16.0 Å². The quantitative estimate of drug-likeness (QED) is 0.674. The van der Waals surface area contributed by atoms with Crippen molar-refractivity contribution >= 4 is 16.9 Å². The Labute approximate surface area is 135 Å². The lowest BCUT2D eigenvalue weighted by Gasteiger charge is -2.09. The van der Waals surface area contributed by atoms with Crippen LogP contribution in [0.3, 0.4) is 0 Å². The summed E-state index contributed by atoms with van der Waals surface area (Å²) < 4.78 is 7.17. The number of rotatable bonds is 5. The van der Waals surface area contributed by atoms with Crippen molar-refractivity contribution in [1.82, 2.24) is 9.78 Å². The molecule has 0 amide bonds. The van der Waals surface area contributed by atoms with Crippen molar-refractivity contribution in [3.05, 3.63) is 60.3 Å². The predicted octanol–water partition coefficient (Wildman–Crippen LogP) is 3.77. The maximum absolute atomic E-state index is 12.2. The highest BCUT2D eigenvalue weighted by molar-refractivity contribution is 5.86. The molecule has 1 aromatic heterocycles.